The van der Waals surface area contributed by atoms with E-state index in [0.29, 0.717) is 18.6 Å². The molecule has 204 valence electrons. The van der Waals surface area contributed by atoms with E-state index in [1.807, 2.05) is 0 Å². The summed E-state index contributed by atoms with van der Waals surface area (Å²) >= 11 is 3.37. The topological polar surface area (TPSA) is 65.0 Å². The third kappa shape index (κ3) is 7.07. The zero-order valence-corrected chi connectivity index (χ0v) is 25.8. The van der Waals surface area contributed by atoms with Gasteiger partial charge in [-0.05, 0) is 73.6 Å². The average Bonchev–Trinajstić information content (AvgIpc) is 2.72. The Hall–Kier alpha value is -1.62. The molecule has 0 saturated carbocycles. The number of nitrogens with zero attached hydrogens (tertiary/aromatic N) is 1. The van der Waals surface area contributed by atoms with Crippen LogP contribution in [-0.4, -0.2) is 34.8 Å². The Morgan fingerprint density at radius 2 is 1.76 bits per heavy atom. The molecule has 0 spiro atoms. The van der Waals surface area contributed by atoms with E-state index in [1.54, 1.807) is 38.1 Å². The standard InChI is InChI=1S/C27H36BrF2NO4SSi/c1-26(2,3)37(6,7)34-15-14-19(22-13-12-21(29)17-23(22)30)16-24-31-36(32,33)25(27(4,5)35-24)18-8-10-20(28)11-9-18/h8-13,17,19,25H,14-16H2,1-7H3/t19-,25?/m1/s1. The molecular weight excluding hydrogens is 580 g/mol. The summed E-state index contributed by atoms with van der Waals surface area (Å²) in [6.45, 7) is 14.4. The fraction of sp³-hybridized carbons (Fsp3) is 0.519. The van der Waals surface area contributed by atoms with E-state index in [0.717, 1.165) is 10.5 Å². The Labute approximate surface area is 229 Å². The minimum Gasteiger partial charge on any atom is -0.472 e. The van der Waals surface area contributed by atoms with Crippen molar-refractivity contribution in [3.8, 4) is 0 Å². The van der Waals surface area contributed by atoms with Gasteiger partial charge in [0.15, 0.2) is 8.32 Å². The monoisotopic (exact) mass is 615 g/mol. The van der Waals surface area contributed by atoms with Gasteiger partial charge in [0.25, 0.3) is 10.0 Å². The highest BCUT2D eigenvalue weighted by atomic mass is 79.9. The minimum atomic E-state index is -3.98. The molecule has 1 unspecified atom stereocenters. The maximum absolute atomic E-state index is 14.9. The summed E-state index contributed by atoms with van der Waals surface area (Å²) in [6, 6.07) is 10.4. The molecule has 0 bridgehead atoms. The molecule has 2 aromatic carbocycles. The minimum absolute atomic E-state index is 0.000324. The third-order valence-corrected chi connectivity index (χ3v) is 14.2. The van der Waals surface area contributed by atoms with Crippen LogP contribution in [0.4, 0.5) is 8.78 Å². The number of rotatable bonds is 8. The quantitative estimate of drug-likeness (QED) is 0.283. The van der Waals surface area contributed by atoms with E-state index in [4.69, 9.17) is 9.16 Å². The van der Waals surface area contributed by atoms with Crippen molar-refractivity contribution in [2.24, 2.45) is 4.40 Å². The number of hydrogen-bond acceptors (Lipinski definition) is 4. The van der Waals surface area contributed by atoms with Crippen molar-refractivity contribution in [2.45, 2.75) is 82.4 Å². The Morgan fingerprint density at radius 3 is 2.30 bits per heavy atom. The van der Waals surface area contributed by atoms with Gasteiger partial charge in [0.2, 0.25) is 5.90 Å². The number of sulfonamides is 1. The molecule has 0 radical (unpaired) electrons. The van der Waals surface area contributed by atoms with Crippen LogP contribution in [0.3, 0.4) is 0 Å². The van der Waals surface area contributed by atoms with Gasteiger partial charge >= 0.3 is 0 Å². The van der Waals surface area contributed by atoms with E-state index >= 15 is 0 Å². The van der Waals surface area contributed by atoms with E-state index in [-0.39, 0.29) is 22.9 Å². The molecule has 0 aliphatic carbocycles. The van der Waals surface area contributed by atoms with Crippen LogP contribution in [0.5, 0.6) is 0 Å². The van der Waals surface area contributed by atoms with Crippen LogP contribution in [-0.2, 0) is 19.2 Å². The van der Waals surface area contributed by atoms with Crippen LogP contribution in [0.1, 0.15) is 69.8 Å². The van der Waals surface area contributed by atoms with Crippen LogP contribution in [0, 0.1) is 11.6 Å². The number of ether oxygens (including phenoxy) is 1. The SMILES string of the molecule is CC1(C)OC(C[C@@H](CCO[Si](C)(C)C(C)(C)C)c2ccc(F)cc2F)=NS(=O)(=O)C1c1ccc(Br)cc1. The summed E-state index contributed by atoms with van der Waals surface area (Å²) in [5, 5.41) is -1.000. The van der Waals surface area contributed by atoms with E-state index < -0.39 is 46.7 Å². The molecule has 2 atom stereocenters. The average molecular weight is 617 g/mol. The maximum Gasteiger partial charge on any atom is 0.267 e. The zero-order valence-electron chi connectivity index (χ0n) is 22.4. The molecule has 1 aliphatic rings. The highest BCUT2D eigenvalue weighted by Crippen LogP contribution is 2.42. The molecule has 3 rings (SSSR count). The second kappa shape index (κ2) is 10.9. The van der Waals surface area contributed by atoms with Gasteiger partial charge in [0.1, 0.15) is 22.5 Å². The predicted molar refractivity (Wildman–Crippen MR) is 150 cm³/mol. The highest BCUT2D eigenvalue weighted by Gasteiger charge is 2.47. The van der Waals surface area contributed by atoms with Crippen molar-refractivity contribution < 1.29 is 26.4 Å². The van der Waals surface area contributed by atoms with E-state index in [2.05, 4.69) is 54.2 Å². The number of halogens is 3. The Morgan fingerprint density at radius 1 is 1.14 bits per heavy atom. The van der Waals surface area contributed by atoms with Crippen molar-refractivity contribution in [3.63, 3.8) is 0 Å². The first-order valence-electron chi connectivity index (χ1n) is 12.3. The molecule has 0 fully saturated rings. The van der Waals surface area contributed by atoms with E-state index in [9.17, 15) is 17.2 Å². The lowest BCUT2D eigenvalue weighted by atomic mass is 9.91. The lowest BCUT2D eigenvalue weighted by molar-refractivity contribution is 0.0797. The normalized spacial score (nSPS) is 20.2. The van der Waals surface area contributed by atoms with Crippen LogP contribution >= 0.6 is 15.9 Å². The molecule has 0 saturated heterocycles. The van der Waals surface area contributed by atoms with Gasteiger partial charge in [-0.25, -0.2) is 17.2 Å². The Bertz CT molecular complexity index is 1260. The fourth-order valence-corrected chi connectivity index (χ4v) is 7.40. The molecule has 1 heterocycles. The summed E-state index contributed by atoms with van der Waals surface area (Å²) in [6.07, 6.45) is 0.438. The van der Waals surface area contributed by atoms with Crippen molar-refractivity contribution >= 4 is 40.2 Å². The summed E-state index contributed by atoms with van der Waals surface area (Å²) in [5.41, 5.74) is -0.274. The lowest BCUT2D eigenvalue weighted by Gasteiger charge is -2.38. The molecule has 5 nitrogen and oxygen atoms in total. The van der Waals surface area contributed by atoms with Gasteiger partial charge in [-0.2, -0.15) is 0 Å². The zero-order chi connectivity index (χ0) is 27.8. The number of hydrogen-bond donors (Lipinski definition) is 0. The van der Waals surface area contributed by atoms with Crippen LogP contribution < -0.4 is 0 Å². The Balaban J connectivity index is 1.92. The first-order chi connectivity index (χ1) is 16.9. The second-order valence-corrected chi connectivity index (χ2v) is 19.0. The maximum atomic E-state index is 14.9. The van der Waals surface area contributed by atoms with Crippen molar-refractivity contribution in [2.75, 3.05) is 6.61 Å². The molecule has 1 aliphatic heterocycles. The summed E-state index contributed by atoms with van der Waals surface area (Å²) in [4.78, 5) is 0. The van der Waals surface area contributed by atoms with Crippen LogP contribution in [0.15, 0.2) is 51.3 Å². The van der Waals surface area contributed by atoms with Gasteiger partial charge in [-0.3, -0.25) is 0 Å². The van der Waals surface area contributed by atoms with Gasteiger partial charge in [-0.1, -0.05) is 54.9 Å². The third-order valence-electron chi connectivity index (χ3n) is 7.27. The van der Waals surface area contributed by atoms with Gasteiger partial charge in [0, 0.05) is 23.6 Å². The van der Waals surface area contributed by atoms with Crippen LogP contribution in [0.25, 0.3) is 0 Å². The summed E-state index contributed by atoms with van der Waals surface area (Å²) in [7, 11) is -6.04. The van der Waals surface area contributed by atoms with Crippen molar-refractivity contribution in [1.29, 1.82) is 0 Å². The highest BCUT2D eigenvalue weighted by molar-refractivity contribution is 9.10. The number of benzene rings is 2. The molecule has 0 amide bonds. The van der Waals surface area contributed by atoms with E-state index in [1.165, 1.54) is 12.1 Å². The lowest BCUT2D eigenvalue weighted by Crippen LogP contribution is -2.43. The largest absolute Gasteiger partial charge is 0.472 e. The van der Waals surface area contributed by atoms with Crippen molar-refractivity contribution in [1.82, 2.24) is 0 Å². The van der Waals surface area contributed by atoms with Gasteiger partial charge in [0.05, 0.1) is 0 Å². The molecular formula is C27H36BrF2NO4SSi. The smallest absolute Gasteiger partial charge is 0.267 e. The molecule has 0 aromatic heterocycles. The second-order valence-electron chi connectivity index (χ2n) is 11.6. The predicted octanol–water partition coefficient (Wildman–Crippen LogP) is 7.89. The fourth-order valence-electron chi connectivity index (χ4n) is 4.30. The van der Waals surface area contributed by atoms with Crippen molar-refractivity contribution in [3.05, 3.63) is 69.7 Å². The Kier molecular flexibility index (Phi) is 8.79. The molecule has 37 heavy (non-hydrogen) atoms. The van der Waals surface area contributed by atoms with Gasteiger partial charge < -0.3 is 9.16 Å². The molecule has 0 N–H and O–H groups in total. The van der Waals surface area contributed by atoms with Gasteiger partial charge in [-0.15, -0.1) is 4.40 Å². The molecule has 2 aromatic rings. The summed E-state index contributed by atoms with van der Waals surface area (Å²) < 4.78 is 72.5. The first kappa shape index (κ1) is 29.9. The molecule has 10 heteroatoms. The van der Waals surface area contributed by atoms with Crippen LogP contribution in [0.2, 0.25) is 18.1 Å². The summed E-state index contributed by atoms with van der Waals surface area (Å²) in [5.74, 6) is -1.87. The first-order valence-corrected chi connectivity index (χ1v) is 17.5.